The van der Waals surface area contributed by atoms with Gasteiger partial charge < -0.3 is 20.2 Å². The predicted molar refractivity (Wildman–Crippen MR) is 69.3 cm³/mol. The van der Waals surface area contributed by atoms with Crippen LogP contribution in [0.4, 0.5) is 13.2 Å². The average molecular weight is 301 g/mol. The van der Waals surface area contributed by atoms with Gasteiger partial charge in [0.15, 0.2) is 17.0 Å². The van der Waals surface area contributed by atoms with Crippen molar-refractivity contribution in [2.75, 3.05) is 13.2 Å². The van der Waals surface area contributed by atoms with Crippen molar-refractivity contribution in [1.82, 2.24) is 9.97 Å². The third-order valence-electron chi connectivity index (χ3n) is 3.43. The molecule has 2 heterocycles. The van der Waals surface area contributed by atoms with Crippen LogP contribution in [0, 0.1) is 0 Å². The first-order valence-electron chi connectivity index (χ1n) is 6.44. The Balaban J connectivity index is 2.09. The van der Waals surface area contributed by atoms with Gasteiger partial charge >= 0.3 is 6.18 Å². The summed E-state index contributed by atoms with van der Waals surface area (Å²) in [4.78, 5) is 6.57. The number of benzene rings is 1. The van der Waals surface area contributed by atoms with Gasteiger partial charge in [0.25, 0.3) is 0 Å². The number of nitrogens with zero attached hydrogens (tertiary/aromatic N) is 1. The molecule has 1 aromatic carbocycles. The Bertz CT molecular complexity index is 636. The lowest BCUT2D eigenvalue weighted by molar-refractivity contribution is -0.186. The molecule has 1 unspecified atom stereocenters. The first-order chi connectivity index (χ1) is 9.79. The molecule has 1 atom stereocenters. The van der Waals surface area contributed by atoms with Gasteiger partial charge in [-0.2, -0.15) is 13.2 Å². The molecule has 114 valence electrons. The summed E-state index contributed by atoms with van der Waals surface area (Å²) in [6.45, 7) is 1.87. The smallest absolute Gasteiger partial charge is 0.413 e. The lowest BCUT2D eigenvalue weighted by Gasteiger charge is -2.24. The third-order valence-corrected chi connectivity index (χ3v) is 3.43. The summed E-state index contributed by atoms with van der Waals surface area (Å²) in [5, 5.41) is 0. The summed E-state index contributed by atoms with van der Waals surface area (Å²) in [5.74, 6) is 0.620. The van der Waals surface area contributed by atoms with Crippen LogP contribution in [-0.4, -0.2) is 29.4 Å². The van der Waals surface area contributed by atoms with Crippen LogP contribution in [-0.2, 0) is 5.54 Å². The molecule has 1 aliphatic rings. The number of H-pyrrole nitrogens is 1. The Morgan fingerprint density at radius 1 is 1.19 bits per heavy atom. The summed E-state index contributed by atoms with van der Waals surface area (Å²) < 4.78 is 49.9. The highest BCUT2D eigenvalue weighted by atomic mass is 19.4. The van der Waals surface area contributed by atoms with E-state index in [1.54, 1.807) is 12.1 Å². The molecule has 0 radical (unpaired) electrons. The van der Waals surface area contributed by atoms with Gasteiger partial charge in [0.2, 0.25) is 0 Å². The van der Waals surface area contributed by atoms with Crippen molar-refractivity contribution >= 4 is 11.0 Å². The monoisotopic (exact) mass is 301 g/mol. The second kappa shape index (κ2) is 4.52. The SMILES string of the molecule is CC(N)(c1nc2cc3c(cc2[nH]1)OCCCO3)C(F)(F)F. The molecule has 0 amide bonds. The van der Waals surface area contributed by atoms with Crippen molar-refractivity contribution in [2.45, 2.75) is 25.1 Å². The standard InChI is InChI=1S/C13H14F3N3O2/c1-12(17,13(14,15)16)11-18-7-5-9-10(6-8(7)19-11)21-4-2-3-20-9/h5-6H,2-4,17H2,1H3,(H,18,19). The number of nitrogens with two attached hydrogens (primary N) is 1. The van der Waals surface area contributed by atoms with Gasteiger partial charge in [-0.3, -0.25) is 0 Å². The fourth-order valence-corrected chi connectivity index (χ4v) is 2.05. The number of rotatable bonds is 1. The first-order valence-corrected chi connectivity index (χ1v) is 6.44. The number of imidazole rings is 1. The maximum absolute atomic E-state index is 13.0. The molecule has 8 heteroatoms. The van der Waals surface area contributed by atoms with Crippen molar-refractivity contribution in [1.29, 1.82) is 0 Å². The number of aromatic nitrogens is 2. The van der Waals surface area contributed by atoms with E-state index in [-0.39, 0.29) is 5.82 Å². The normalized spacial score (nSPS) is 18.3. The molecule has 21 heavy (non-hydrogen) atoms. The van der Waals surface area contributed by atoms with E-state index in [4.69, 9.17) is 15.2 Å². The van der Waals surface area contributed by atoms with Gasteiger partial charge in [0.1, 0.15) is 5.82 Å². The number of halogens is 3. The summed E-state index contributed by atoms with van der Waals surface area (Å²) in [6.07, 6.45) is -3.86. The molecule has 0 spiro atoms. The lowest BCUT2D eigenvalue weighted by atomic mass is 10.0. The van der Waals surface area contributed by atoms with Crippen LogP contribution >= 0.6 is 0 Å². The van der Waals surface area contributed by atoms with E-state index in [9.17, 15) is 13.2 Å². The minimum absolute atomic E-state index is 0.342. The number of nitrogens with one attached hydrogen (secondary N) is 1. The van der Waals surface area contributed by atoms with E-state index < -0.39 is 11.7 Å². The minimum Gasteiger partial charge on any atom is -0.489 e. The van der Waals surface area contributed by atoms with Crippen LogP contribution in [0.25, 0.3) is 11.0 Å². The van der Waals surface area contributed by atoms with Crippen molar-refractivity contribution in [3.05, 3.63) is 18.0 Å². The van der Waals surface area contributed by atoms with Crippen LogP contribution in [0.2, 0.25) is 0 Å². The van der Waals surface area contributed by atoms with Crippen molar-refractivity contribution in [3.8, 4) is 11.5 Å². The molecule has 3 N–H and O–H groups in total. The summed E-state index contributed by atoms with van der Waals surface area (Å²) in [5.41, 5.74) is 3.61. The Kier molecular flexibility index (Phi) is 3.01. The predicted octanol–water partition coefficient (Wildman–Crippen LogP) is 2.46. The number of hydrogen-bond donors (Lipinski definition) is 2. The molecule has 2 aromatic rings. The highest BCUT2D eigenvalue weighted by molar-refractivity contribution is 5.80. The maximum atomic E-state index is 13.0. The van der Waals surface area contributed by atoms with E-state index in [0.29, 0.717) is 35.7 Å². The quantitative estimate of drug-likeness (QED) is 0.848. The highest BCUT2D eigenvalue weighted by Crippen LogP contribution is 2.38. The molecular weight excluding hydrogens is 287 g/mol. The zero-order valence-electron chi connectivity index (χ0n) is 11.3. The lowest BCUT2D eigenvalue weighted by Crippen LogP contribution is -2.48. The van der Waals surface area contributed by atoms with E-state index >= 15 is 0 Å². The Morgan fingerprint density at radius 3 is 2.43 bits per heavy atom. The number of aromatic amines is 1. The van der Waals surface area contributed by atoms with Crippen LogP contribution in [0.3, 0.4) is 0 Å². The van der Waals surface area contributed by atoms with Gasteiger partial charge in [-0.25, -0.2) is 4.98 Å². The van der Waals surface area contributed by atoms with E-state index in [1.807, 2.05) is 0 Å². The fourth-order valence-electron chi connectivity index (χ4n) is 2.05. The van der Waals surface area contributed by atoms with Gasteiger partial charge in [-0.1, -0.05) is 0 Å². The molecule has 3 rings (SSSR count). The second-order valence-corrected chi connectivity index (χ2v) is 5.15. The topological polar surface area (TPSA) is 73.2 Å². The van der Waals surface area contributed by atoms with Crippen molar-refractivity contribution in [2.24, 2.45) is 5.73 Å². The molecule has 0 saturated carbocycles. The maximum Gasteiger partial charge on any atom is 0.413 e. The largest absolute Gasteiger partial charge is 0.489 e. The van der Waals surface area contributed by atoms with Crippen LogP contribution in [0.5, 0.6) is 11.5 Å². The molecule has 0 saturated heterocycles. The Morgan fingerprint density at radius 2 is 1.81 bits per heavy atom. The fraction of sp³-hybridized carbons (Fsp3) is 0.462. The first kappa shape index (κ1) is 14.0. The zero-order chi connectivity index (χ0) is 15.3. The Hall–Kier alpha value is -1.96. The zero-order valence-corrected chi connectivity index (χ0v) is 11.3. The number of alkyl halides is 3. The van der Waals surface area contributed by atoms with Gasteiger partial charge in [-0.15, -0.1) is 0 Å². The van der Waals surface area contributed by atoms with Gasteiger partial charge in [-0.05, 0) is 6.92 Å². The van der Waals surface area contributed by atoms with Crippen LogP contribution in [0.15, 0.2) is 12.1 Å². The van der Waals surface area contributed by atoms with E-state index in [1.165, 1.54) is 0 Å². The molecule has 1 aliphatic heterocycles. The average Bonchev–Trinajstić information content (AvgIpc) is 2.66. The summed E-state index contributed by atoms with van der Waals surface area (Å²) >= 11 is 0. The molecule has 0 aliphatic carbocycles. The third kappa shape index (κ3) is 2.29. The van der Waals surface area contributed by atoms with Crippen molar-refractivity contribution in [3.63, 3.8) is 0 Å². The number of ether oxygens (including phenoxy) is 2. The van der Waals surface area contributed by atoms with Gasteiger partial charge in [0, 0.05) is 18.6 Å². The second-order valence-electron chi connectivity index (χ2n) is 5.15. The highest BCUT2D eigenvalue weighted by Gasteiger charge is 2.51. The van der Waals surface area contributed by atoms with Crippen LogP contribution in [0.1, 0.15) is 19.2 Å². The van der Waals surface area contributed by atoms with E-state index in [2.05, 4.69) is 9.97 Å². The summed E-state index contributed by atoms with van der Waals surface area (Å²) in [7, 11) is 0. The van der Waals surface area contributed by atoms with Gasteiger partial charge in [0.05, 0.1) is 24.2 Å². The van der Waals surface area contributed by atoms with E-state index in [0.717, 1.165) is 13.3 Å². The molecule has 0 fully saturated rings. The molecule has 0 bridgehead atoms. The molecule has 1 aromatic heterocycles. The van der Waals surface area contributed by atoms with Crippen LogP contribution < -0.4 is 15.2 Å². The van der Waals surface area contributed by atoms with Crippen molar-refractivity contribution < 1.29 is 22.6 Å². The Labute approximate surface area is 118 Å². The molecular formula is C13H14F3N3O2. The number of fused-ring (bicyclic) bond motifs is 2. The minimum atomic E-state index is -4.61. The molecule has 5 nitrogen and oxygen atoms in total. The summed E-state index contributed by atoms with van der Waals surface area (Å²) in [6, 6.07) is 3.14. The number of hydrogen-bond acceptors (Lipinski definition) is 4.